The molecule has 8 heavy (non-hydrogen) atoms. The number of hydrogen-bond donors (Lipinski definition) is 1. The molecule has 0 amide bonds. The Bertz CT molecular complexity index is 211. The molecule has 1 aromatic rings. The highest BCUT2D eigenvalue weighted by molar-refractivity contribution is 4.56. The van der Waals surface area contributed by atoms with E-state index in [0.29, 0.717) is 6.54 Å². The van der Waals surface area contributed by atoms with Crippen molar-refractivity contribution in [1.82, 2.24) is 14.8 Å². The zero-order valence-electron chi connectivity index (χ0n) is 4.59. The first kappa shape index (κ1) is 5.08. The van der Waals surface area contributed by atoms with Crippen LogP contribution in [-0.2, 0) is 6.54 Å². The fourth-order valence-corrected chi connectivity index (χ4v) is 0.506. The van der Waals surface area contributed by atoms with Gasteiger partial charge in [0.25, 0.3) is 0 Å². The van der Waals surface area contributed by atoms with Crippen molar-refractivity contribution in [3.63, 3.8) is 0 Å². The molecule has 0 saturated heterocycles. The zero-order valence-corrected chi connectivity index (χ0v) is 4.59. The summed E-state index contributed by atoms with van der Waals surface area (Å²) in [5, 5.41) is 3.68. The SMILES string of the molecule is CCn1nc[nH]c1=O. The predicted molar refractivity (Wildman–Crippen MR) is 28.5 cm³/mol. The van der Waals surface area contributed by atoms with E-state index in [2.05, 4.69) is 10.1 Å². The van der Waals surface area contributed by atoms with E-state index in [1.165, 1.54) is 11.0 Å². The normalized spacial score (nSPS) is 9.62. The Morgan fingerprint density at radius 1 is 2.00 bits per heavy atom. The standard InChI is InChI=1S/C4H7N3O/c1-2-7-4(8)5-3-6-7/h3H,2H2,1H3,(H,5,6,8). The summed E-state index contributed by atoms with van der Waals surface area (Å²) >= 11 is 0. The molecule has 0 spiro atoms. The molecule has 0 aliphatic rings. The fourth-order valence-electron chi connectivity index (χ4n) is 0.506. The van der Waals surface area contributed by atoms with Crippen LogP contribution in [0.15, 0.2) is 11.1 Å². The summed E-state index contributed by atoms with van der Waals surface area (Å²) in [5.74, 6) is 0. The molecule has 1 rings (SSSR count). The minimum Gasteiger partial charge on any atom is -0.295 e. The lowest BCUT2D eigenvalue weighted by atomic mass is 10.8. The van der Waals surface area contributed by atoms with Gasteiger partial charge in [-0.05, 0) is 6.92 Å². The van der Waals surface area contributed by atoms with E-state index < -0.39 is 0 Å². The maximum Gasteiger partial charge on any atom is 0.343 e. The molecule has 44 valence electrons. The lowest BCUT2D eigenvalue weighted by molar-refractivity contribution is 0.633. The molecule has 0 unspecified atom stereocenters. The molecule has 4 nitrogen and oxygen atoms in total. The fraction of sp³-hybridized carbons (Fsp3) is 0.500. The second-order valence-electron chi connectivity index (χ2n) is 1.41. The van der Waals surface area contributed by atoms with Crippen molar-refractivity contribution in [3.8, 4) is 0 Å². The third-order valence-corrected chi connectivity index (χ3v) is 0.919. The minimum atomic E-state index is -0.146. The van der Waals surface area contributed by atoms with Gasteiger partial charge in [0.1, 0.15) is 6.33 Å². The molecule has 4 heteroatoms. The molecule has 1 N–H and O–H groups in total. The van der Waals surface area contributed by atoms with Crippen LogP contribution >= 0.6 is 0 Å². The van der Waals surface area contributed by atoms with Gasteiger partial charge >= 0.3 is 5.69 Å². The molecule has 0 bridgehead atoms. The molecular weight excluding hydrogens is 106 g/mol. The molecule has 0 atom stereocenters. The summed E-state index contributed by atoms with van der Waals surface area (Å²) in [6.07, 6.45) is 1.38. The summed E-state index contributed by atoms with van der Waals surface area (Å²) in [4.78, 5) is 12.9. The van der Waals surface area contributed by atoms with Crippen LogP contribution < -0.4 is 5.69 Å². The van der Waals surface area contributed by atoms with Gasteiger partial charge in [0.15, 0.2) is 0 Å². The van der Waals surface area contributed by atoms with Gasteiger partial charge in [0, 0.05) is 6.54 Å². The Labute approximate surface area is 46.1 Å². The summed E-state index contributed by atoms with van der Waals surface area (Å²) in [7, 11) is 0. The molecule has 0 saturated carbocycles. The van der Waals surface area contributed by atoms with E-state index in [-0.39, 0.29) is 5.69 Å². The van der Waals surface area contributed by atoms with Crippen LogP contribution in [-0.4, -0.2) is 14.8 Å². The molecule has 0 aliphatic heterocycles. The lowest BCUT2D eigenvalue weighted by Crippen LogP contribution is -2.16. The number of rotatable bonds is 1. The van der Waals surface area contributed by atoms with Gasteiger partial charge in [0.2, 0.25) is 0 Å². The maximum absolute atomic E-state index is 10.5. The third kappa shape index (κ3) is 0.641. The lowest BCUT2D eigenvalue weighted by Gasteiger charge is -1.84. The predicted octanol–water partition coefficient (Wildman–Crippen LogP) is -0.409. The van der Waals surface area contributed by atoms with Crippen LogP contribution in [0.2, 0.25) is 0 Å². The van der Waals surface area contributed by atoms with Crippen molar-refractivity contribution in [2.75, 3.05) is 0 Å². The van der Waals surface area contributed by atoms with Gasteiger partial charge in [-0.2, -0.15) is 5.10 Å². The van der Waals surface area contributed by atoms with Crippen molar-refractivity contribution in [2.45, 2.75) is 13.5 Å². The quantitative estimate of drug-likeness (QED) is 0.538. The van der Waals surface area contributed by atoms with Crippen LogP contribution in [0.4, 0.5) is 0 Å². The maximum atomic E-state index is 10.5. The van der Waals surface area contributed by atoms with Gasteiger partial charge in [0.05, 0.1) is 0 Å². The molecule has 0 radical (unpaired) electrons. The molecular formula is C4H7N3O. The third-order valence-electron chi connectivity index (χ3n) is 0.919. The molecule has 0 fully saturated rings. The highest BCUT2D eigenvalue weighted by Gasteiger charge is 1.88. The van der Waals surface area contributed by atoms with Crippen LogP contribution in [0, 0.1) is 0 Å². The first-order chi connectivity index (χ1) is 3.84. The van der Waals surface area contributed by atoms with Gasteiger partial charge < -0.3 is 0 Å². The Kier molecular flexibility index (Phi) is 1.15. The van der Waals surface area contributed by atoms with Crippen LogP contribution in [0.5, 0.6) is 0 Å². The number of nitrogens with one attached hydrogen (secondary N) is 1. The molecule has 1 heterocycles. The van der Waals surface area contributed by atoms with E-state index in [1.54, 1.807) is 0 Å². The molecule has 1 aromatic heterocycles. The van der Waals surface area contributed by atoms with Crippen molar-refractivity contribution < 1.29 is 0 Å². The van der Waals surface area contributed by atoms with E-state index >= 15 is 0 Å². The topological polar surface area (TPSA) is 50.7 Å². The van der Waals surface area contributed by atoms with Crippen molar-refractivity contribution >= 4 is 0 Å². The van der Waals surface area contributed by atoms with Gasteiger partial charge in [-0.3, -0.25) is 4.98 Å². The highest BCUT2D eigenvalue weighted by atomic mass is 16.1. The van der Waals surface area contributed by atoms with E-state index in [4.69, 9.17) is 0 Å². The van der Waals surface area contributed by atoms with Crippen molar-refractivity contribution in [2.24, 2.45) is 0 Å². The Balaban J connectivity index is 3.11. The zero-order chi connectivity index (χ0) is 5.98. The van der Waals surface area contributed by atoms with E-state index in [1.807, 2.05) is 6.92 Å². The summed E-state index contributed by atoms with van der Waals surface area (Å²) in [5.41, 5.74) is -0.146. The molecule has 0 aromatic carbocycles. The first-order valence-corrected chi connectivity index (χ1v) is 2.45. The monoisotopic (exact) mass is 113 g/mol. The Morgan fingerprint density at radius 3 is 3.00 bits per heavy atom. The minimum absolute atomic E-state index is 0.146. The van der Waals surface area contributed by atoms with Crippen LogP contribution in [0.1, 0.15) is 6.92 Å². The summed E-state index contributed by atoms with van der Waals surface area (Å²) < 4.78 is 1.35. The van der Waals surface area contributed by atoms with E-state index in [0.717, 1.165) is 0 Å². The van der Waals surface area contributed by atoms with Crippen LogP contribution in [0.25, 0.3) is 0 Å². The van der Waals surface area contributed by atoms with Crippen LogP contribution in [0.3, 0.4) is 0 Å². The summed E-state index contributed by atoms with van der Waals surface area (Å²) in [6, 6.07) is 0. The first-order valence-electron chi connectivity index (χ1n) is 2.45. The number of aromatic amines is 1. The van der Waals surface area contributed by atoms with Crippen molar-refractivity contribution in [1.29, 1.82) is 0 Å². The largest absolute Gasteiger partial charge is 0.343 e. The number of hydrogen-bond acceptors (Lipinski definition) is 2. The highest BCUT2D eigenvalue weighted by Crippen LogP contribution is 1.66. The average molecular weight is 113 g/mol. The van der Waals surface area contributed by atoms with Crippen molar-refractivity contribution in [3.05, 3.63) is 16.8 Å². The van der Waals surface area contributed by atoms with Gasteiger partial charge in [-0.15, -0.1) is 0 Å². The van der Waals surface area contributed by atoms with Gasteiger partial charge in [-0.25, -0.2) is 9.48 Å². The second-order valence-corrected chi connectivity index (χ2v) is 1.41. The van der Waals surface area contributed by atoms with Gasteiger partial charge in [-0.1, -0.05) is 0 Å². The number of nitrogens with zero attached hydrogens (tertiary/aromatic N) is 2. The summed E-state index contributed by atoms with van der Waals surface area (Å²) in [6.45, 7) is 2.49. The Morgan fingerprint density at radius 2 is 2.75 bits per heavy atom. The number of aromatic nitrogens is 3. The molecule has 0 aliphatic carbocycles. The average Bonchev–Trinajstić information content (AvgIpc) is 2.14. The Hall–Kier alpha value is -1.06. The number of aryl methyl sites for hydroxylation is 1. The second kappa shape index (κ2) is 1.81. The van der Waals surface area contributed by atoms with E-state index in [9.17, 15) is 4.79 Å². The number of H-pyrrole nitrogens is 1. The smallest absolute Gasteiger partial charge is 0.295 e.